The van der Waals surface area contributed by atoms with Crippen LogP contribution < -0.4 is 10.1 Å². The highest BCUT2D eigenvalue weighted by atomic mass is 16.6. The number of rotatable bonds is 1. The molecule has 5 heteroatoms. The molecule has 0 atom stereocenters. The fourth-order valence-corrected chi connectivity index (χ4v) is 1.48. The summed E-state index contributed by atoms with van der Waals surface area (Å²) in [6, 6.07) is 1.70. The minimum absolute atomic E-state index is 0.375. The molecule has 1 aliphatic rings. The predicted molar refractivity (Wildman–Crippen MR) is 63.4 cm³/mol. The molecule has 17 heavy (non-hydrogen) atoms. The van der Waals surface area contributed by atoms with E-state index in [0.29, 0.717) is 24.6 Å². The number of fused-ring (bicyclic) bond motifs is 1. The van der Waals surface area contributed by atoms with E-state index < -0.39 is 5.60 Å². The lowest BCUT2D eigenvalue weighted by Crippen LogP contribution is -2.24. The number of nitrogens with zero attached hydrogens (tertiary/aromatic N) is 1. The Morgan fingerprint density at radius 2 is 2.29 bits per heavy atom. The highest BCUT2D eigenvalue weighted by molar-refractivity contribution is 5.90. The van der Waals surface area contributed by atoms with Crippen LogP contribution >= 0.6 is 0 Å². The Balaban J connectivity index is 2.19. The van der Waals surface area contributed by atoms with Crippen molar-refractivity contribution < 1.29 is 14.3 Å². The molecule has 0 aliphatic carbocycles. The molecule has 0 bridgehead atoms. The van der Waals surface area contributed by atoms with Crippen LogP contribution in [0.25, 0.3) is 0 Å². The van der Waals surface area contributed by atoms with Gasteiger partial charge in [-0.25, -0.2) is 9.78 Å². The maximum absolute atomic E-state index is 11.8. The molecule has 0 saturated carbocycles. The number of ether oxygens (including phenoxy) is 2. The quantitative estimate of drug-likeness (QED) is 0.754. The SMILES string of the molecule is CC(C)(C)OC(=O)c1cnc2c(c1)NCCO2. The van der Waals surface area contributed by atoms with Gasteiger partial charge in [0.25, 0.3) is 0 Å². The Labute approximate surface area is 100 Å². The first kappa shape index (κ1) is 11.7. The molecular weight excluding hydrogens is 220 g/mol. The Bertz CT molecular complexity index is 438. The molecule has 92 valence electrons. The maximum Gasteiger partial charge on any atom is 0.340 e. The molecular formula is C12H16N2O3. The van der Waals surface area contributed by atoms with Crippen molar-refractivity contribution in [3.8, 4) is 5.88 Å². The number of aromatic nitrogens is 1. The van der Waals surface area contributed by atoms with E-state index in [1.807, 2.05) is 20.8 Å². The van der Waals surface area contributed by atoms with Gasteiger partial charge in [0.1, 0.15) is 12.2 Å². The molecule has 0 spiro atoms. The van der Waals surface area contributed by atoms with Gasteiger partial charge in [0.05, 0.1) is 11.3 Å². The number of nitrogens with one attached hydrogen (secondary N) is 1. The monoisotopic (exact) mass is 236 g/mol. The Morgan fingerprint density at radius 3 is 3.00 bits per heavy atom. The summed E-state index contributed by atoms with van der Waals surface area (Å²) in [7, 11) is 0. The molecule has 0 saturated heterocycles. The molecule has 0 unspecified atom stereocenters. The molecule has 0 amide bonds. The summed E-state index contributed by atoms with van der Waals surface area (Å²) < 4.78 is 10.6. The third-order valence-electron chi connectivity index (χ3n) is 2.14. The van der Waals surface area contributed by atoms with Crippen molar-refractivity contribution in [1.82, 2.24) is 4.98 Å². The van der Waals surface area contributed by atoms with Gasteiger partial charge in [0.2, 0.25) is 5.88 Å². The molecule has 1 aliphatic heterocycles. The third-order valence-corrected chi connectivity index (χ3v) is 2.14. The lowest BCUT2D eigenvalue weighted by Gasteiger charge is -2.21. The average Bonchev–Trinajstić information content (AvgIpc) is 2.26. The van der Waals surface area contributed by atoms with Crippen molar-refractivity contribution in [2.24, 2.45) is 0 Å². The van der Waals surface area contributed by atoms with E-state index in [1.165, 1.54) is 6.20 Å². The third kappa shape index (κ3) is 2.87. The van der Waals surface area contributed by atoms with Crippen LogP contribution in [0, 0.1) is 0 Å². The van der Waals surface area contributed by atoms with Crippen molar-refractivity contribution in [3.63, 3.8) is 0 Å². The van der Waals surface area contributed by atoms with Crippen LogP contribution in [-0.2, 0) is 4.74 Å². The van der Waals surface area contributed by atoms with E-state index >= 15 is 0 Å². The lowest BCUT2D eigenvalue weighted by atomic mass is 10.2. The van der Waals surface area contributed by atoms with Crippen molar-refractivity contribution in [2.75, 3.05) is 18.5 Å². The summed E-state index contributed by atoms with van der Waals surface area (Å²) in [4.78, 5) is 15.9. The molecule has 5 nitrogen and oxygen atoms in total. The molecule has 1 aromatic rings. The minimum atomic E-state index is -0.503. The number of carbonyl (C=O) groups excluding carboxylic acids is 1. The molecule has 0 aromatic carbocycles. The van der Waals surface area contributed by atoms with Gasteiger partial charge >= 0.3 is 5.97 Å². The zero-order valence-corrected chi connectivity index (χ0v) is 10.2. The number of anilines is 1. The van der Waals surface area contributed by atoms with Crippen molar-refractivity contribution in [3.05, 3.63) is 17.8 Å². The lowest BCUT2D eigenvalue weighted by molar-refractivity contribution is 0.00691. The van der Waals surface area contributed by atoms with Crippen molar-refractivity contribution in [2.45, 2.75) is 26.4 Å². The highest BCUT2D eigenvalue weighted by Gasteiger charge is 2.20. The largest absolute Gasteiger partial charge is 0.474 e. The Kier molecular flexibility index (Phi) is 2.92. The predicted octanol–water partition coefficient (Wildman–Crippen LogP) is 1.84. The first-order valence-electron chi connectivity index (χ1n) is 5.56. The van der Waals surface area contributed by atoms with Crippen LogP contribution in [0.2, 0.25) is 0 Å². The van der Waals surface area contributed by atoms with E-state index in [-0.39, 0.29) is 5.97 Å². The molecule has 0 fully saturated rings. The Morgan fingerprint density at radius 1 is 1.53 bits per heavy atom. The van der Waals surface area contributed by atoms with Crippen molar-refractivity contribution in [1.29, 1.82) is 0 Å². The van der Waals surface area contributed by atoms with Gasteiger partial charge in [-0.1, -0.05) is 0 Å². The minimum Gasteiger partial charge on any atom is -0.474 e. The number of hydrogen-bond acceptors (Lipinski definition) is 5. The van der Waals surface area contributed by atoms with Crippen LogP contribution in [0.15, 0.2) is 12.3 Å². The molecule has 2 rings (SSSR count). The van der Waals surface area contributed by atoms with Crippen LogP contribution in [0.1, 0.15) is 31.1 Å². The summed E-state index contributed by atoms with van der Waals surface area (Å²) in [5, 5.41) is 3.13. The zero-order chi connectivity index (χ0) is 12.5. The molecule has 1 N–H and O–H groups in total. The second-order valence-electron chi connectivity index (χ2n) is 4.85. The van der Waals surface area contributed by atoms with E-state index in [1.54, 1.807) is 6.07 Å². The van der Waals surface area contributed by atoms with Gasteiger partial charge in [0.15, 0.2) is 0 Å². The smallest absolute Gasteiger partial charge is 0.340 e. The van der Waals surface area contributed by atoms with E-state index in [4.69, 9.17) is 9.47 Å². The summed E-state index contributed by atoms with van der Waals surface area (Å²) in [6.45, 7) is 6.80. The van der Waals surface area contributed by atoms with Crippen molar-refractivity contribution >= 4 is 11.7 Å². The van der Waals surface area contributed by atoms with E-state index in [0.717, 1.165) is 5.69 Å². The topological polar surface area (TPSA) is 60.5 Å². The zero-order valence-electron chi connectivity index (χ0n) is 10.2. The second-order valence-corrected chi connectivity index (χ2v) is 4.85. The maximum atomic E-state index is 11.8. The molecule has 2 heterocycles. The number of esters is 1. The van der Waals surface area contributed by atoms with Crippen LogP contribution in [-0.4, -0.2) is 29.7 Å². The highest BCUT2D eigenvalue weighted by Crippen LogP contribution is 2.25. The van der Waals surface area contributed by atoms with Gasteiger partial charge in [-0.2, -0.15) is 0 Å². The van der Waals surface area contributed by atoms with Gasteiger partial charge < -0.3 is 14.8 Å². The van der Waals surface area contributed by atoms with Gasteiger partial charge in [-0.3, -0.25) is 0 Å². The van der Waals surface area contributed by atoms with Gasteiger partial charge in [0, 0.05) is 12.7 Å². The first-order chi connectivity index (χ1) is 7.96. The fraction of sp³-hybridized carbons (Fsp3) is 0.500. The number of hydrogen-bond donors (Lipinski definition) is 1. The van der Waals surface area contributed by atoms with E-state index in [2.05, 4.69) is 10.3 Å². The Hall–Kier alpha value is -1.78. The van der Waals surface area contributed by atoms with Gasteiger partial charge in [-0.15, -0.1) is 0 Å². The number of carbonyl (C=O) groups is 1. The van der Waals surface area contributed by atoms with Crippen LogP contribution in [0.3, 0.4) is 0 Å². The standard InChI is InChI=1S/C12H16N2O3/c1-12(2,3)17-11(15)8-6-9-10(14-7-8)16-5-4-13-9/h6-7,13H,4-5H2,1-3H3. The summed E-state index contributed by atoms with van der Waals surface area (Å²) in [5.74, 6) is 0.156. The molecule has 1 aromatic heterocycles. The summed E-state index contributed by atoms with van der Waals surface area (Å²) in [6.07, 6.45) is 1.47. The van der Waals surface area contributed by atoms with Gasteiger partial charge in [-0.05, 0) is 26.8 Å². The normalized spacial score (nSPS) is 14.3. The fourth-order valence-electron chi connectivity index (χ4n) is 1.48. The average molecular weight is 236 g/mol. The summed E-state index contributed by atoms with van der Waals surface area (Å²) in [5.41, 5.74) is 0.660. The first-order valence-corrected chi connectivity index (χ1v) is 5.56. The van der Waals surface area contributed by atoms with Crippen LogP contribution in [0.5, 0.6) is 5.88 Å². The number of pyridine rings is 1. The summed E-state index contributed by atoms with van der Waals surface area (Å²) >= 11 is 0. The second kappa shape index (κ2) is 4.24. The molecule has 0 radical (unpaired) electrons. The van der Waals surface area contributed by atoms with E-state index in [9.17, 15) is 4.79 Å². The van der Waals surface area contributed by atoms with Crippen LogP contribution in [0.4, 0.5) is 5.69 Å².